The van der Waals surface area contributed by atoms with Crippen LogP contribution in [-0.4, -0.2) is 9.97 Å². The third-order valence-corrected chi connectivity index (χ3v) is 2.47. The van der Waals surface area contributed by atoms with Gasteiger partial charge in [-0.15, -0.1) is 0 Å². The standard InChI is InChI=1S/C12H15N3/c1-9-2-4-10(5-3-9)11(13)8-12-14-6-7-15-12/h2-7,11H,8,13H2,1H3,(H,14,15). The molecule has 3 nitrogen and oxygen atoms in total. The highest BCUT2D eigenvalue weighted by Gasteiger charge is 2.07. The lowest BCUT2D eigenvalue weighted by atomic mass is 10.0. The lowest BCUT2D eigenvalue weighted by Crippen LogP contribution is -2.14. The normalized spacial score (nSPS) is 12.7. The Morgan fingerprint density at radius 1 is 1.33 bits per heavy atom. The summed E-state index contributed by atoms with van der Waals surface area (Å²) in [5, 5.41) is 0. The molecule has 3 heteroatoms. The second kappa shape index (κ2) is 4.28. The molecule has 2 aromatic rings. The van der Waals surface area contributed by atoms with Gasteiger partial charge in [0, 0.05) is 24.9 Å². The van der Waals surface area contributed by atoms with Crippen LogP contribution in [0.1, 0.15) is 23.0 Å². The minimum absolute atomic E-state index is 0.0109. The van der Waals surface area contributed by atoms with Crippen molar-refractivity contribution in [3.05, 3.63) is 53.6 Å². The first-order chi connectivity index (χ1) is 7.25. The molecule has 0 saturated heterocycles. The van der Waals surface area contributed by atoms with Gasteiger partial charge in [-0.2, -0.15) is 0 Å². The first kappa shape index (κ1) is 9.93. The number of rotatable bonds is 3. The highest BCUT2D eigenvalue weighted by atomic mass is 14.9. The Morgan fingerprint density at radius 2 is 2.07 bits per heavy atom. The van der Waals surface area contributed by atoms with Gasteiger partial charge in [0.1, 0.15) is 5.82 Å². The van der Waals surface area contributed by atoms with Gasteiger partial charge in [-0.1, -0.05) is 29.8 Å². The smallest absolute Gasteiger partial charge is 0.107 e. The SMILES string of the molecule is Cc1ccc(C(N)Cc2ncc[nH]2)cc1. The molecule has 0 amide bonds. The van der Waals surface area contributed by atoms with E-state index in [2.05, 4.69) is 41.2 Å². The maximum absolute atomic E-state index is 6.08. The summed E-state index contributed by atoms with van der Waals surface area (Å²) in [6.07, 6.45) is 4.31. The molecule has 0 spiro atoms. The molecule has 1 aromatic carbocycles. The zero-order valence-electron chi connectivity index (χ0n) is 8.77. The Hall–Kier alpha value is -1.61. The molecule has 0 aliphatic heterocycles. The van der Waals surface area contributed by atoms with Crippen molar-refractivity contribution in [3.63, 3.8) is 0 Å². The van der Waals surface area contributed by atoms with Gasteiger partial charge < -0.3 is 10.7 Å². The number of nitrogens with one attached hydrogen (secondary N) is 1. The third kappa shape index (κ3) is 2.44. The topological polar surface area (TPSA) is 54.7 Å². The van der Waals surface area contributed by atoms with Gasteiger partial charge in [0.15, 0.2) is 0 Å². The maximum atomic E-state index is 6.08. The van der Waals surface area contributed by atoms with Gasteiger partial charge in [-0.05, 0) is 12.5 Å². The zero-order valence-corrected chi connectivity index (χ0v) is 8.77. The summed E-state index contributed by atoms with van der Waals surface area (Å²) in [6, 6.07) is 8.32. The van der Waals surface area contributed by atoms with E-state index in [-0.39, 0.29) is 6.04 Å². The van der Waals surface area contributed by atoms with E-state index in [1.807, 2.05) is 6.20 Å². The maximum Gasteiger partial charge on any atom is 0.107 e. The molecule has 0 saturated carbocycles. The van der Waals surface area contributed by atoms with E-state index in [4.69, 9.17) is 5.73 Å². The number of benzene rings is 1. The van der Waals surface area contributed by atoms with E-state index in [9.17, 15) is 0 Å². The van der Waals surface area contributed by atoms with Crippen LogP contribution in [0.15, 0.2) is 36.7 Å². The Balaban J connectivity index is 2.08. The van der Waals surface area contributed by atoms with E-state index in [1.165, 1.54) is 5.56 Å². The quantitative estimate of drug-likeness (QED) is 0.797. The zero-order chi connectivity index (χ0) is 10.7. The Labute approximate surface area is 89.4 Å². The summed E-state index contributed by atoms with van der Waals surface area (Å²) in [5.41, 5.74) is 8.48. The number of nitrogens with two attached hydrogens (primary N) is 1. The number of aryl methyl sites for hydroxylation is 1. The molecule has 3 N–H and O–H groups in total. The third-order valence-electron chi connectivity index (χ3n) is 2.47. The van der Waals surface area contributed by atoms with Crippen molar-refractivity contribution in [2.45, 2.75) is 19.4 Å². The van der Waals surface area contributed by atoms with Crippen LogP contribution in [-0.2, 0) is 6.42 Å². The number of aromatic nitrogens is 2. The van der Waals surface area contributed by atoms with Crippen LogP contribution in [0.4, 0.5) is 0 Å². The Kier molecular flexibility index (Phi) is 2.83. The molecule has 0 aliphatic carbocycles. The number of nitrogens with zero attached hydrogens (tertiary/aromatic N) is 1. The molecule has 0 fully saturated rings. The van der Waals surface area contributed by atoms with Gasteiger partial charge >= 0.3 is 0 Å². The van der Waals surface area contributed by atoms with Crippen molar-refractivity contribution in [3.8, 4) is 0 Å². The first-order valence-electron chi connectivity index (χ1n) is 5.06. The van der Waals surface area contributed by atoms with Gasteiger partial charge in [-0.3, -0.25) is 0 Å². The number of hydrogen-bond acceptors (Lipinski definition) is 2. The first-order valence-corrected chi connectivity index (χ1v) is 5.06. The van der Waals surface area contributed by atoms with Crippen LogP contribution in [0.3, 0.4) is 0 Å². The summed E-state index contributed by atoms with van der Waals surface area (Å²) in [4.78, 5) is 7.22. The average molecular weight is 201 g/mol. The van der Waals surface area contributed by atoms with Gasteiger partial charge in [0.25, 0.3) is 0 Å². The molecule has 1 aromatic heterocycles. The molecule has 2 rings (SSSR count). The second-order valence-corrected chi connectivity index (χ2v) is 3.76. The minimum Gasteiger partial charge on any atom is -0.349 e. The Bertz CT molecular complexity index is 403. The summed E-state index contributed by atoms with van der Waals surface area (Å²) < 4.78 is 0. The van der Waals surface area contributed by atoms with Crippen LogP contribution in [0.2, 0.25) is 0 Å². The fourth-order valence-electron chi connectivity index (χ4n) is 1.55. The van der Waals surface area contributed by atoms with E-state index in [1.54, 1.807) is 6.20 Å². The summed E-state index contributed by atoms with van der Waals surface area (Å²) in [5.74, 6) is 0.933. The largest absolute Gasteiger partial charge is 0.349 e. The summed E-state index contributed by atoms with van der Waals surface area (Å²) in [7, 11) is 0. The molecule has 1 heterocycles. The second-order valence-electron chi connectivity index (χ2n) is 3.76. The molecular weight excluding hydrogens is 186 g/mol. The summed E-state index contributed by atoms with van der Waals surface area (Å²) >= 11 is 0. The summed E-state index contributed by atoms with van der Waals surface area (Å²) in [6.45, 7) is 2.07. The van der Waals surface area contributed by atoms with Crippen LogP contribution >= 0.6 is 0 Å². The fourth-order valence-corrected chi connectivity index (χ4v) is 1.55. The molecule has 78 valence electrons. The van der Waals surface area contributed by atoms with Gasteiger partial charge in [-0.25, -0.2) is 4.98 Å². The molecule has 1 atom stereocenters. The van der Waals surface area contributed by atoms with E-state index < -0.39 is 0 Å². The highest BCUT2D eigenvalue weighted by molar-refractivity contribution is 5.24. The van der Waals surface area contributed by atoms with Crippen molar-refractivity contribution in [1.82, 2.24) is 9.97 Å². The number of aromatic amines is 1. The molecule has 0 bridgehead atoms. The van der Waals surface area contributed by atoms with Crippen LogP contribution in [0, 0.1) is 6.92 Å². The molecule has 0 radical (unpaired) electrons. The van der Waals surface area contributed by atoms with E-state index >= 15 is 0 Å². The number of H-pyrrole nitrogens is 1. The van der Waals surface area contributed by atoms with Crippen molar-refractivity contribution >= 4 is 0 Å². The highest BCUT2D eigenvalue weighted by Crippen LogP contribution is 2.14. The van der Waals surface area contributed by atoms with Crippen molar-refractivity contribution in [1.29, 1.82) is 0 Å². The van der Waals surface area contributed by atoms with Crippen molar-refractivity contribution in [2.24, 2.45) is 5.73 Å². The van der Waals surface area contributed by atoms with Crippen LogP contribution in [0.5, 0.6) is 0 Å². The van der Waals surface area contributed by atoms with Crippen LogP contribution < -0.4 is 5.73 Å². The van der Waals surface area contributed by atoms with E-state index in [0.29, 0.717) is 0 Å². The van der Waals surface area contributed by atoms with Crippen molar-refractivity contribution in [2.75, 3.05) is 0 Å². The predicted octanol–water partition coefficient (Wildman–Crippen LogP) is 1.96. The number of hydrogen-bond donors (Lipinski definition) is 2. The van der Waals surface area contributed by atoms with E-state index in [0.717, 1.165) is 17.8 Å². The van der Waals surface area contributed by atoms with Crippen molar-refractivity contribution < 1.29 is 0 Å². The molecule has 0 aliphatic rings. The van der Waals surface area contributed by atoms with Crippen LogP contribution in [0.25, 0.3) is 0 Å². The lowest BCUT2D eigenvalue weighted by Gasteiger charge is -2.10. The molecule has 1 unspecified atom stereocenters. The fraction of sp³-hybridized carbons (Fsp3) is 0.250. The minimum atomic E-state index is 0.0109. The number of imidazole rings is 1. The predicted molar refractivity (Wildman–Crippen MR) is 60.4 cm³/mol. The average Bonchev–Trinajstić information content (AvgIpc) is 2.71. The Morgan fingerprint density at radius 3 is 2.67 bits per heavy atom. The lowest BCUT2D eigenvalue weighted by molar-refractivity contribution is 0.694. The molecular formula is C12H15N3. The monoisotopic (exact) mass is 201 g/mol. The van der Waals surface area contributed by atoms with Gasteiger partial charge in [0.2, 0.25) is 0 Å². The van der Waals surface area contributed by atoms with Gasteiger partial charge in [0.05, 0.1) is 0 Å². The molecule has 15 heavy (non-hydrogen) atoms.